The van der Waals surface area contributed by atoms with E-state index < -0.39 is 6.04 Å². The highest BCUT2D eigenvalue weighted by molar-refractivity contribution is 6.03. The van der Waals surface area contributed by atoms with Crippen molar-refractivity contribution in [2.45, 2.75) is 57.0 Å². The molecule has 1 saturated heterocycles. The number of methoxy groups -OCH3 is 1. The summed E-state index contributed by atoms with van der Waals surface area (Å²) < 4.78 is 5.43. The zero-order valence-corrected chi connectivity index (χ0v) is 19.5. The molecule has 2 N–H and O–H groups in total. The normalized spacial score (nSPS) is 23.7. The van der Waals surface area contributed by atoms with Crippen molar-refractivity contribution < 1.29 is 19.1 Å². The predicted octanol–water partition coefficient (Wildman–Crippen LogP) is 4.46. The Morgan fingerprint density at radius 1 is 0.853 bits per heavy atom. The Balaban J connectivity index is 1.33. The molecule has 2 aliphatic carbocycles. The van der Waals surface area contributed by atoms with Crippen molar-refractivity contribution in [1.82, 2.24) is 4.90 Å². The molecule has 34 heavy (non-hydrogen) atoms. The van der Waals surface area contributed by atoms with Crippen molar-refractivity contribution in [1.29, 1.82) is 0 Å². The molecule has 7 heteroatoms. The molecule has 2 aromatic carbocycles. The van der Waals surface area contributed by atoms with Crippen molar-refractivity contribution in [2.75, 3.05) is 17.7 Å². The van der Waals surface area contributed by atoms with Crippen LogP contribution in [0.1, 0.15) is 55.3 Å². The van der Waals surface area contributed by atoms with Crippen LogP contribution in [0.25, 0.3) is 0 Å². The number of hydrogen-bond acceptors (Lipinski definition) is 4. The van der Waals surface area contributed by atoms with E-state index in [-0.39, 0.29) is 29.7 Å². The Labute approximate surface area is 199 Å². The third-order valence-corrected chi connectivity index (χ3v) is 7.33. The van der Waals surface area contributed by atoms with Crippen LogP contribution in [0.15, 0.2) is 48.5 Å². The number of nitrogens with zero attached hydrogens (tertiary/aromatic N) is 1. The van der Waals surface area contributed by atoms with Gasteiger partial charge in [0.15, 0.2) is 0 Å². The van der Waals surface area contributed by atoms with Crippen molar-refractivity contribution in [2.24, 2.45) is 11.8 Å². The van der Waals surface area contributed by atoms with Gasteiger partial charge in [0.05, 0.1) is 12.7 Å². The van der Waals surface area contributed by atoms with Crippen LogP contribution in [0.4, 0.5) is 11.4 Å². The molecule has 1 aliphatic heterocycles. The molecule has 0 radical (unpaired) electrons. The Morgan fingerprint density at radius 2 is 1.50 bits per heavy atom. The van der Waals surface area contributed by atoms with Gasteiger partial charge < -0.3 is 20.3 Å². The number of nitrogens with one attached hydrogen (secondary N) is 2. The van der Waals surface area contributed by atoms with E-state index in [9.17, 15) is 14.4 Å². The number of anilines is 2. The smallest absolute Gasteiger partial charge is 0.258 e. The first kappa shape index (κ1) is 22.4. The van der Waals surface area contributed by atoms with Crippen molar-refractivity contribution in [3.63, 3.8) is 0 Å². The molecular weight excluding hydrogens is 430 g/mol. The van der Waals surface area contributed by atoms with Crippen LogP contribution >= 0.6 is 0 Å². The van der Waals surface area contributed by atoms with E-state index >= 15 is 0 Å². The Kier molecular flexibility index (Phi) is 6.26. The summed E-state index contributed by atoms with van der Waals surface area (Å²) >= 11 is 0. The summed E-state index contributed by atoms with van der Waals surface area (Å²) in [5, 5.41) is 5.91. The van der Waals surface area contributed by atoms with Crippen molar-refractivity contribution >= 4 is 29.1 Å². The fraction of sp³-hybridized carbons (Fsp3) is 0.444. The molecule has 3 aliphatic rings. The van der Waals surface area contributed by atoms with Crippen LogP contribution in [0.2, 0.25) is 0 Å². The monoisotopic (exact) mass is 461 g/mol. The predicted molar refractivity (Wildman–Crippen MR) is 130 cm³/mol. The van der Waals surface area contributed by atoms with Crippen LogP contribution in [-0.2, 0) is 9.59 Å². The summed E-state index contributed by atoms with van der Waals surface area (Å²) in [6.07, 6.45) is 6.75. The van der Waals surface area contributed by atoms with Crippen molar-refractivity contribution in [3.8, 4) is 5.75 Å². The minimum Gasteiger partial charge on any atom is -0.496 e. The average molecular weight is 462 g/mol. The SMILES string of the molecule is COc1ccccc1C(=O)N1C(C(=O)Nc2ccc(NC(=O)C3CC3)cc2)CC2CCCCC21. The number of benzene rings is 2. The van der Waals surface area contributed by atoms with Gasteiger partial charge in [-0.1, -0.05) is 25.0 Å². The van der Waals surface area contributed by atoms with Gasteiger partial charge in [0.1, 0.15) is 11.8 Å². The molecule has 7 nitrogen and oxygen atoms in total. The minimum atomic E-state index is -0.528. The van der Waals surface area contributed by atoms with E-state index in [1.54, 1.807) is 48.4 Å². The summed E-state index contributed by atoms with van der Waals surface area (Å²) in [5.74, 6) is 0.725. The molecule has 3 fully saturated rings. The van der Waals surface area contributed by atoms with E-state index in [1.807, 2.05) is 12.1 Å². The maximum Gasteiger partial charge on any atom is 0.258 e. The van der Waals surface area contributed by atoms with Crippen molar-refractivity contribution in [3.05, 3.63) is 54.1 Å². The molecular formula is C27H31N3O4. The van der Waals surface area contributed by atoms with Crippen LogP contribution in [0.5, 0.6) is 5.75 Å². The summed E-state index contributed by atoms with van der Waals surface area (Å²) in [6, 6.07) is 13.9. The number of hydrogen-bond donors (Lipinski definition) is 2. The van der Waals surface area contributed by atoms with E-state index in [2.05, 4.69) is 10.6 Å². The molecule has 5 rings (SSSR count). The van der Waals surface area contributed by atoms with Gasteiger partial charge in [-0.3, -0.25) is 14.4 Å². The third-order valence-electron chi connectivity index (χ3n) is 7.33. The number of likely N-dealkylation sites (tertiary alicyclic amines) is 1. The molecule has 1 heterocycles. The number of ether oxygens (including phenoxy) is 1. The topological polar surface area (TPSA) is 87.7 Å². The quantitative estimate of drug-likeness (QED) is 0.665. The fourth-order valence-corrected chi connectivity index (χ4v) is 5.40. The molecule has 0 bridgehead atoms. The van der Waals surface area contributed by atoms with Gasteiger partial charge in [0.2, 0.25) is 11.8 Å². The van der Waals surface area contributed by atoms with Gasteiger partial charge >= 0.3 is 0 Å². The molecule has 2 aromatic rings. The lowest BCUT2D eigenvalue weighted by atomic mass is 9.84. The van der Waals surface area contributed by atoms with Crippen LogP contribution in [0.3, 0.4) is 0 Å². The number of fused-ring (bicyclic) bond motifs is 1. The van der Waals surface area contributed by atoms with Crippen LogP contribution in [0, 0.1) is 11.8 Å². The lowest BCUT2D eigenvalue weighted by Crippen LogP contribution is -2.47. The Morgan fingerprint density at radius 3 is 2.18 bits per heavy atom. The van der Waals surface area contributed by atoms with E-state index in [1.165, 1.54) is 0 Å². The molecule has 3 amide bonds. The van der Waals surface area contributed by atoms with Gasteiger partial charge in [0, 0.05) is 23.3 Å². The molecule has 2 saturated carbocycles. The average Bonchev–Trinajstić information content (AvgIpc) is 3.65. The highest BCUT2D eigenvalue weighted by Gasteiger charge is 2.48. The highest BCUT2D eigenvalue weighted by atomic mass is 16.5. The lowest BCUT2D eigenvalue weighted by Gasteiger charge is -2.34. The second kappa shape index (κ2) is 9.49. The van der Waals surface area contributed by atoms with Gasteiger partial charge in [0.25, 0.3) is 5.91 Å². The Hall–Kier alpha value is -3.35. The number of amides is 3. The zero-order chi connectivity index (χ0) is 23.7. The summed E-state index contributed by atoms with van der Waals surface area (Å²) in [5.41, 5.74) is 1.86. The first-order chi connectivity index (χ1) is 16.5. The molecule has 3 atom stereocenters. The molecule has 0 aromatic heterocycles. The summed E-state index contributed by atoms with van der Waals surface area (Å²) in [6.45, 7) is 0. The first-order valence-corrected chi connectivity index (χ1v) is 12.2. The van der Waals surface area contributed by atoms with Gasteiger partial charge in [-0.05, 0) is 74.4 Å². The number of carbonyl (C=O) groups excluding carboxylic acids is 3. The number of rotatable bonds is 6. The minimum absolute atomic E-state index is 0.0517. The lowest BCUT2D eigenvalue weighted by molar-refractivity contribution is -0.120. The second-order valence-corrected chi connectivity index (χ2v) is 9.61. The van der Waals surface area contributed by atoms with Crippen LogP contribution < -0.4 is 15.4 Å². The second-order valence-electron chi connectivity index (χ2n) is 9.61. The van der Waals surface area contributed by atoms with E-state index in [0.717, 1.165) is 44.2 Å². The zero-order valence-electron chi connectivity index (χ0n) is 19.5. The number of para-hydroxylation sites is 1. The largest absolute Gasteiger partial charge is 0.496 e. The molecule has 3 unspecified atom stereocenters. The summed E-state index contributed by atoms with van der Waals surface area (Å²) in [4.78, 5) is 40.9. The van der Waals surface area contributed by atoms with Gasteiger partial charge in [-0.2, -0.15) is 0 Å². The standard InChI is InChI=1S/C27H31N3O4/c1-34-24-9-5-3-7-21(24)27(33)30-22-8-4-2-6-18(22)16-23(30)26(32)29-20-14-12-19(13-15-20)28-25(31)17-10-11-17/h3,5,7,9,12-15,17-18,22-23H,2,4,6,8,10-11,16H2,1H3,(H,28,31)(H,29,32). The fourth-order valence-electron chi connectivity index (χ4n) is 5.40. The van der Waals surface area contributed by atoms with Gasteiger partial charge in [-0.15, -0.1) is 0 Å². The maximum atomic E-state index is 13.7. The molecule has 178 valence electrons. The molecule has 0 spiro atoms. The van der Waals surface area contributed by atoms with E-state index in [0.29, 0.717) is 29.3 Å². The first-order valence-electron chi connectivity index (χ1n) is 12.2. The Bertz CT molecular complexity index is 1080. The third kappa shape index (κ3) is 4.52. The van der Waals surface area contributed by atoms with Crippen LogP contribution in [-0.4, -0.2) is 41.8 Å². The number of carbonyl (C=O) groups is 3. The maximum absolute atomic E-state index is 13.7. The highest BCUT2D eigenvalue weighted by Crippen LogP contribution is 2.41. The van der Waals surface area contributed by atoms with Gasteiger partial charge in [-0.25, -0.2) is 0 Å². The summed E-state index contributed by atoms with van der Waals surface area (Å²) in [7, 11) is 1.56. The van der Waals surface area contributed by atoms with E-state index in [4.69, 9.17) is 4.74 Å².